The van der Waals surface area contributed by atoms with E-state index in [1.807, 2.05) is 28.0 Å². The molecular formula is C35H35FN8O7. The molecule has 1 saturated carbocycles. The number of rotatable bonds is 9. The number of anilines is 2. The molecule has 5 heterocycles. The molecule has 16 heteroatoms. The van der Waals surface area contributed by atoms with Crippen LogP contribution in [0.1, 0.15) is 53.3 Å². The second kappa shape index (κ2) is 12.5. The Bertz CT molecular complexity index is 2190. The lowest BCUT2D eigenvalue weighted by atomic mass is 9.92. The lowest BCUT2D eigenvalue weighted by molar-refractivity contribution is -0.136. The van der Waals surface area contributed by atoms with Crippen LogP contribution < -0.4 is 20.0 Å². The van der Waals surface area contributed by atoms with E-state index < -0.39 is 22.8 Å². The number of carbonyl (C=O) groups is 3. The number of aromatic carboxylic acids is 1. The van der Waals surface area contributed by atoms with Crippen LogP contribution in [0.25, 0.3) is 10.9 Å². The van der Waals surface area contributed by atoms with Gasteiger partial charge in [-0.25, -0.2) is 13.9 Å². The summed E-state index contributed by atoms with van der Waals surface area (Å²) in [5.74, 6) is -2.29. The minimum absolute atomic E-state index is 0.0152. The number of pyridine rings is 1. The predicted molar refractivity (Wildman–Crippen MR) is 182 cm³/mol. The van der Waals surface area contributed by atoms with Gasteiger partial charge in [-0.3, -0.25) is 14.4 Å². The van der Waals surface area contributed by atoms with E-state index in [9.17, 15) is 24.3 Å². The quantitative estimate of drug-likeness (QED) is 0.257. The Morgan fingerprint density at radius 2 is 1.90 bits per heavy atom. The molecule has 4 aromatic rings. The van der Waals surface area contributed by atoms with Crippen molar-refractivity contribution in [1.29, 1.82) is 0 Å². The summed E-state index contributed by atoms with van der Waals surface area (Å²) in [6.45, 7) is 1.42. The van der Waals surface area contributed by atoms with Crippen LogP contribution >= 0.6 is 0 Å². The zero-order valence-corrected chi connectivity index (χ0v) is 28.0. The highest BCUT2D eigenvalue weighted by Crippen LogP contribution is 2.45. The fraction of sp³-hybridized carbons (Fsp3) is 0.400. The number of benzene rings is 2. The summed E-state index contributed by atoms with van der Waals surface area (Å²) in [5.41, 5.74) is 1.42. The maximum Gasteiger partial charge on any atom is 0.341 e. The number of piperidine rings is 1. The number of para-hydroxylation sites is 1. The van der Waals surface area contributed by atoms with E-state index >= 15 is 4.39 Å². The SMILES string of the molecule is CO/N=C1/C(=O)N(Cc2cn(CC(=O)N3CCC[C@@H]4CN(c5c(F)cc6c(=O)c(C(=O)O)cn(C7CC7)c6c5OC)C[C@@H]43)nn2)c2ccccc21. The maximum atomic E-state index is 16.1. The van der Waals surface area contributed by atoms with Crippen molar-refractivity contribution in [3.63, 3.8) is 0 Å². The molecule has 8 rings (SSSR count). The highest BCUT2D eigenvalue weighted by atomic mass is 19.1. The Hall–Kier alpha value is -5.80. The predicted octanol–water partition coefficient (Wildman–Crippen LogP) is 2.80. The largest absolute Gasteiger partial charge is 0.492 e. The van der Waals surface area contributed by atoms with Gasteiger partial charge in [0, 0.05) is 37.4 Å². The standard InChI is InChI=1S/C35H35FN8O7/c1-50-33-30-23(32(46)24(35(48)49)16-43(30)21-9-10-21)12-25(36)31(33)40-13-19-6-5-11-42(27(19)17-40)28(45)18-41-14-20(37-39-41)15-44-26-8-4-3-7-22(26)29(34(44)47)38-51-2/h3-4,7-8,12,14,16,19,21,27H,5-6,9-11,13,15,17-18H2,1-2H3,(H,48,49)/b38-29+/t19-,27+/m1/s1. The second-order valence-corrected chi connectivity index (χ2v) is 13.4. The number of nitrogens with zero attached hydrogens (tertiary/aromatic N) is 8. The number of aromatic nitrogens is 4. The Morgan fingerprint density at radius 3 is 2.65 bits per heavy atom. The summed E-state index contributed by atoms with van der Waals surface area (Å²) < 4.78 is 25.1. The van der Waals surface area contributed by atoms with Gasteiger partial charge in [-0.05, 0) is 43.7 Å². The summed E-state index contributed by atoms with van der Waals surface area (Å²) in [4.78, 5) is 62.1. The smallest absolute Gasteiger partial charge is 0.341 e. The summed E-state index contributed by atoms with van der Waals surface area (Å²) in [7, 11) is 2.80. The van der Waals surface area contributed by atoms with Crippen LogP contribution in [0.4, 0.5) is 15.8 Å². The molecular weight excluding hydrogens is 663 g/mol. The van der Waals surface area contributed by atoms with Gasteiger partial charge in [0.2, 0.25) is 11.3 Å². The third-order valence-electron chi connectivity index (χ3n) is 10.3. The number of oxime groups is 1. The Labute approximate surface area is 290 Å². The van der Waals surface area contributed by atoms with E-state index in [4.69, 9.17) is 9.57 Å². The maximum absolute atomic E-state index is 16.1. The monoisotopic (exact) mass is 698 g/mol. The number of hydrogen-bond donors (Lipinski definition) is 1. The number of fused-ring (bicyclic) bond motifs is 3. The molecule has 2 saturated heterocycles. The fourth-order valence-corrected chi connectivity index (χ4v) is 7.87. The summed E-state index contributed by atoms with van der Waals surface area (Å²) in [6.07, 6.45) is 6.22. The van der Waals surface area contributed by atoms with E-state index in [1.54, 1.807) is 21.7 Å². The van der Waals surface area contributed by atoms with Gasteiger partial charge in [0.05, 0.1) is 42.5 Å². The number of carboxylic acid groups (broad SMARTS) is 1. The number of methoxy groups -OCH3 is 1. The third kappa shape index (κ3) is 5.45. The first-order chi connectivity index (χ1) is 24.7. The first kappa shape index (κ1) is 32.4. The molecule has 2 amide bonds. The molecule has 2 aromatic carbocycles. The van der Waals surface area contributed by atoms with Gasteiger partial charge in [0.25, 0.3) is 5.91 Å². The third-order valence-corrected chi connectivity index (χ3v) is 10.3. The molecule has 51 heavy (non-hydrogen) atoms. The molecule has 3 fully saturated rings. The van der Waals surface area contributed by atoms with Crippen molar-refractivity contribution in [2.45, 2.75) is 50.9 Å². The minimum atomic E-state index is -1.37. The summed E-state index contributed by atoms with van der Waals surface area (Å²) >= 11 is 0. The summed E-state index contributed by atoms with van der Waals surface area (Å²) in [5, 5.41) is 21.9. The highest BCUT2D eigenvalue weighted by Gasteiger charge is 2.43. The van der Waals surface area contributed by atoms with Crippen LogP contribution in [0.2, 0.25) is 0 Å². The van der Waals surface area contributed by atoms with Crippen LogP contribution in [0.15, 0.2) is 52.7 Å². The van der Waals surface area contributed by atoms with Crippen molar-refractivity contribution in [3.8, 4) is 5.75 Å². The molecule has 15 nitrogen and oxygen atoms in total. The topological polar surface area (TPSA) is 165 Å². The van der Waals surface area contributed by atoms with Crippen molar-refractivity contribution in [1.82, 2.24) is 24.5 Å². The number of halogens is 1. The van der Waals surface area contributed by atoms with Gasteiger partial charge in [-0.2, -0.15) is 0 Å². The molecule has 1 N–H and O–H groups in total. The normalized spacial score (nSPS) is 20.6. The van der Waals surface area contributed by atoms with Crippen molar-refractivity contribution in [2.75, 3.05) is 43.7 Å². The highest BCUT2D eigenvalue weighted by molar-refractivity contribution is 6.54. The average Bonchev–Trinajstić information content (AvgIpc) is 3.63. The summed E-state index contributed by atoms with van der Waals surface area (Å²) in [6, 6.07) is 8.16. The minimum Gasteiger partial charge on any atom is -0.492 e. The first-order valence-corrected chi connectivity index (χ1v) is 16.8. The average molecular weight is 699 g/mol. The zero-order chi connectivity index (χ0) is 35.6. The Morgan fingerprint density at radius 1 is 1.10 bits per heavy atom. The van der Waals surface area contributed by atoms with Gasteiger partial charge >= 0.3 is 5.97 Å². The molecule has 0 unspecified atom stereocenters. The Balaban J connectivity index is 1.02. The van der Waals surface area contributed by atoms with Crippen molar-refractivity contribution >= 4 is 45.8 Å². The van der Waals surface area contributed by atoms with Crippen molar-refractivity contribution < 1.29 is 33.5 Å². The fourth-order valence-electron chi connectivity index (χ4n) is 7.87. The van der Waals surface area contributed by atoms with Crippen molar-refractivity contribution in [3.05, 3.63) is 75.6 Å². The van der Waals surface area contributed by atoms with E-state index in [0.717, 1.165) is 31.7 Å². The van der Waals surface area contributed by atoms with Gasteiger partial charge in [-0.1, -0.05) is 28.6 Å². The number of amides is 2. The molecule has 264 valence electrons. The number of carboxylic acids is 1. The van der Waals surface area contributed by atoms with Gasteiger partial charge < -0.3 is 33.9 Å². The number of ether oxygens (including phenoxy) is 1. The van der Waals surface area contributed by atoms with Gasteiger partial charge in [-0.15, -0.1) is 5.10 Å². The molecule has 2 aromatic heterocycles. The van der Waals surface area contributed by atoms with E-state index in [0.29, 0.717) is 42.1 Å². The number of hydrogen-bond acceptors (Lipinski definition) is 10. The number of likely N-dealkylation sites (tertiary alicyclic amines) is 1. The zero-order valence-electron chi connectivity index (χ0n) is 28.0. The van der Waals surface area contributed by atoms with E-state index in [2.05, 4.69) is 15.5 Å². The van der Waals surface area contributed by atoms with E-state index in [-0.39, 0.29) is 65.4 Å². The van der Waals surface area contributed by atoms with Gasteiger partial charge in [0.15, 0.2) is 17.3 Å². The van der Waals surface area contributed by atoms with Crippen LogP contribution in [-0.2, 0) is 27.5 Å². The lowest BCUT2D eigenvalue weighted by Gasteiger charge is -2.36. The number of carbonyl (C=O) groups excluding carboxylic acids is 2. The molecule has 3 aliphatic heterocycles. The molecule has 4 aliphatic rings. The van der Waals surface area contributed by atoms with Crippen LogP contribution in [0, 0.1) is 11.7 Å². The molecule has 2 atom stereocenters. The molecule has 1 aliphatic carbocycles. The Kier molecular flexibility index (Phi) is 7.95. The lowest BCUT2D eigenvalue weighted by Crippen LogP contribution is -2.49. The molecule has 0 bridgehead atoms. The van der Waals surface area contributed by atoms with Crippen LogP contribution in [-0.4, -0.2) is 93.0 Å². The van der Waals surface area contributed by atoms with Gasteiger partial charge in [0.1, 0.15) is 30.6 Å². The molecule has 0 spiro atoms. The van der Waals surface area contributed by atoms with Crippen LogP contribution in [0.3, 0.4) is 0 Å². The first-order valence-electron chi connectivity index (χ1n) is 16.8. The second-order valence-electron chi connectivity index (χ2n) is 13.4. The molecule has 0 radical (unpaired) electrons. The van der Waals surface area contributed by atoms with E-state index in [1.165, 1.54) is 25.1 Å². The van der Waals surface area contributed by atoms with Crippen LogP contribution in [0.5, 0.6) is 5.75 Å². The van der Waals surface area contributed by atoms with Crippen molar-refractivity contribution in [2.24, 2.45) is 11.1 Å².